The predicted octanol–water partition coefficient (Wildman–Crippen LogP) is 4.18. The molecule has 0 spiro atoms. The van der Waals surface area contributed by atoms with Gasteiger partial charge in [-0.05, 0) is 35.5 Å². The van der Waals surface area contributed by atoms with Crippen LogP contribution < -0.4 is 0 Å². The van der Waals surface area contributed by atoms with Crippen LogP contribution in [0.15, 0.2) is 35.3 Å². The van der Waals surface area contributed by atoms with E-state index in [4.69, 9.17) is 11.6 Å². The number of rotatable bonds is 3. The highest BCUT2D eigenvalue weighted by atomic mass is 79.9. The molecule has 0 N–H and O–H groups in total. The first kappa shape index (κ1) is 9.82. The van der Waals surface area contributed by atoms with Gasteiger partial charge < -0.3 is 0 Å². The van der Waals surface area contributed by atoms with Crippen molar-refractivity contribution in [2.75, 3.05) is 0 Å². The molecule has 0 amide bonds. The number of hydrogen-bond acceptors (Lipinski definition) is 0. The zero-order chi connectivity index (χ0) is 8.81. The third-order valence-electron chi connectivity index (χ3n) is 1.60. The molecular formula is C10H10BrCl. The second-order valence-electron chi connectivity index (χ2n) is 2.53. The minimum atomic E-state index is 0.801. The quantitative estimate of drug-likeness (QED) is 0.749. The number of hydrogen-bond donors (Lipinski definition) is 0. The molecule has 64 valence electrons. The summed E-state index contributed by atoms with van der Waals surface area (Å²) in [7, 11) is 0. The van der Waals surface area contributed by atoms with Gasteiger partial charge in [0, 0.05) is 5.02 Å². The topological polar surface area (TPSA) is 0 Å². The Morgan fingerprint density at radius 1 is 1.25 bits per heavy atom. The minimum Gasteiger partial charge on any atom is -0.0843 e. The zero-order valence-electron chi connectivity index (χ0n) is 6.63. The summed E-state index contributed by atoms with van der Waals surface area (Å²) in [6.45, 7) is 0. The zero-order valence-corrected chi connectivity index (χ0v) is 8.98. The summed E-state index contributed by atoms with van der Waals surface area (Å²) in [5.41, 5.74) is 1.32. The number of aryl methyl sites for hydroxylation is 1. The molecule has 0 saturated heterocycles. The van der Waals surface area contributed by atoms with Gasteiger partial charge in [-0.2, -0.15) is 0 Å². The highest BCUT2D eigenvalue weighted by Crippen LogP contribution is 2.11. The Kier molecular flexibility index (Phi) is 4.41. The van der Waals surface area contributed by atoms with E-state index in [9.17, 15) is 0 Å². The lowest BCUT2D eigenvalue weighted by atomic mass is 10.1. The minimum absolute atomic E-state index is 0.801. The van der Waals surface area contributed by atoms with Crippen molar-refractivity contribution >= 4 is 27.5 Å². The first-order chi connectivity index (χ1) is 5.83. The Hall–Kier alpha value is -0.270. The second-order valence-corrected chi connectivity index (χ2v) is 3.49. The van der Waals surface area contributed by atoms with Crippen molar-refractivity contribution in [1.29, 1.82) is 0 Å². The molecule has 0 unspecified atom stereocenters. The lowest BCUT2D eigenvalue weighted by molar-refractivity contribution is 1.00. The van der Waals surface area contributed by atoms with Crippen molar-refractivity contribution in [3.8, 4) is 0 Å². The van der Waals surface area contributed by atoms with Gasteiger partial charge in [0.1, 0.15) is 0 Å². The van der Waals surface area contributed by atoms with Crippen LogP contribution in [0.4, 0.5) is 0 Å². The van der Waals surface area contributed by atoms with E-state index in [1.807, 2.05) is 17.1 Å². The van der Waals surface area contributed by atoms with E-state index in [2.05, 4.69) is 34.1 Å². The molecule has 0 radical (unpaired) electrons. The van der Waals surface area contributed by atoms with Gasteiger partial charge in [-0.15, -0.1) is 0 Å². The summed E-state index contributed by atoms with van der Waals surface area (Å²) >= 11 is 8.98. The summed E-state index contributed by atoms with van der Waals surface area (Å²) in [6, 6.07) is 7.97. The molecule has 1 aromatic rings. The Labute approximate surface area is 86.4 Å². The van der Waals surface area contributed by atoms with E-state index < -0.39 is 0 Å². The summed E-state index contributed by atoms with van der Waals surface area (Å²) in [6.07, 6.45) is 4.22. The highest BCUT2D eigenvalue weighted by Gasteiger charge is 1.90. The fourth-order valence-corrected chi connectivity index (χ4v) is 1.35. The van der Waals surface area contributed by atoms with Crippen molar-refractivity contribution in [3.05, 3.63) is 45.9 Å². The van der Waals surface area contributed by atoms with Crippen molar-refractivity contribution in [3.63, 3.8) is 0 Å². The van der Waals surface area contributed by atoms with E-state index in [0.29, 0.717) is 0 Å². The van der Waals surface area contributed by atoms with E-state index in [-0.39, 0.29) is 0 Å². The average molecular weight is 246 g/mol. The maximum absolute atomic E-state index is 5.75. The number of allylic oxidation sites excluding steroid dienone is 1. The molecule has 1 rings (SSSR count). The van der Waals surface area contributed by atoms with Gasteiger partial charge in [-0.25, -0.2) is 0 Å². The molecule has 0 aliphatic heterocycles. The van der Waals surface area contributed by atoms with E-state index in [1.165, 1.54) is 5.56 Å². The number of halogens is 2. The Bertz CT molecular complexity index is 251. The van der Waals surface area contributed by atoms with E-state index in [0.717, 1.165) is 17.9 Å². The molecule has 12 heavy (non-hydrogen) atoms. The van der Waals surface area contributed by atoms with Crippen LogP contribution >= 0.6 is 27.5 Å². The van der Waals surface area contributed by atoms with Gasteiger partial charge in [0.15, 0.2) is 0 Å². The van der Waals surface area contributed by atoms with Crippen molar-refractivity contribution in [2.24, 2.45) is 0 Å². The molecule has 0 saturated carbocycles. The van der Waals surface area contributed by atoms with Crippen LogP contribution in [0, 0.1) is 0 Å². The highest BCUT2D eigenvalue weighted by molar-refractivity contribution is 9.11. The molecule has 0 bridgehead atoms. The van der Waals surface area contributed by atoms with Crippen LogP contribution in [0.2, 0.25) is 5.02 Å². The first-order valence-electron chi connectivity index (χ1n) is 3.82. The maximum atomic E-state index is 5.75. The molecule has 0 nitrogen and oxygen atoms in total. The first-order valence-corrected chi connectivity index (χ1v) is 5.12. The van der Waals surface area contributed by atoms with Crippen LogP contribution in [0.5, 0.6) is 0 Å². The summed E-state index contributed by atoms with van der Waals surface area (Å²) in [5, 5.41) is 0.801. The molecule has 1 aromatic carbocycles. The third kappa shape index (κ3) is 3.42. The maximum Gasteiger partial charge on any atom is 0.0406 e. The Balaban J connectivity index is 2.47. The average Bonchev–Trinajstić information content (AvgIpc) is 2.09. The summed E-state index contributed by atoms with van der Waals surface area (Å²) < 4.78 is 0. The van der Waals surface area contributed by atoms with E-state index in [1.54, 1.807) is 0 Å². The smallest absolute Gasteiger partial charge is 0.0406 e. The van der Waals surface area contributed by atoms with Crippen LogP contribution in [0.25, 0.3) is 0 Å². The summed E-state index contributed by atoms with van der Waals surface area (Å²) in [5.74, 6) is 0. The monoisotopic (exact) mass is 244 g/mol. The second kappa shape index (κ2) is 5.39. The van der Waals surface area contributed by atoms with Crippen molar-refractivity contribution < 1.29 is 0 Å². The van der Waals surface area contributed by atoms with Gasteiger partial charge in [-0.1, -0.05) is 45.7 Å². The van der Waals surface area contributed by atoms with E-state index >= 15 is 0 Å². The van der Waals surface area contributed by atoms with Crippen LogP contribution in [0.1, 0.15) is 12.0 Å². The van der Waals surface area contributed by atoms with Crippen LogP contribution in [0.3, 0.4) is 0 Å². The molecule has 0 atom stereocenters. The normalized spacial score (nSPS) is 10.8. The lowest BCUT2D eigenvalue weighted by Crippen LogP contribution is -1.81. The van der Waals surface area contributed by atoms with Gasteiger partial charge in [0.25, 0.3) is 0 Å². The standard InChI is InChI=1S/C10H10BrCl/c11-8-2-1-3-9-4-6-10(12)7-5-9/h2,4-8H,1,3H2/b8-2+. The number of benzene rings is 1. The molecular weight excluding hydrogens is 235 g/mol. The third-order valence-corrected chi connectivity index (χ3v) is 2.23. The van der Waals surface area contributed by atoms with Crippen LogP contribution in [-0.2, 0) is 6.42 Å². The van der Waals surface area contributed by atoms with Gasteiger partial charge in [-0.3, -0.25) is 0 Å². The van der Waals surface area contributed by atoms with Gasteiger partial charge >= 0.3 is 0 Å². The van der Waals surface area contributed by atoms with Crippen molar-refractivity contribution in [2.45, 2.75) is 12.8 Å². The predicted molar refractivity (Wildman–Crippen MR) is 57.8 cm³/mol. The Morgan fingerprint density at radius 3 is 2.50 bits per heavy atom. The van der Waals surface area contributed by atoms with Gasteiger partial charge in [0.05, 0.1) is 0 Å². The molecule has 0 heterocycles. The summed E-state index contributed by atoms with van der Waals surface area (Å²) in [4.78, 5) is 1.89. The van der Waals surface area contributed by atoms with Crippen molar-refractivity contribution in [1.82, 2.24) is 0 Å². The Morgan fingerprint density at radius 2 is 1.92 bits per heavy atom. The molecule has 0 fully saturated rings. The van der Waals surface area contributed by atoms with Gasteiger partial charge in [0.2, 0.25) is 0 Å². The SMILES string of the molecule is Clc1ccc(CC/C=C/Br)cc1. The largest absolute Gasteiger partial charge is 0.0843 e. The fourth-order valence-electron chi connectivity index (χ4n) is 0.964. The van der Waals surface area contributed by atoms with Crippen LogP contribution in [-0.4, -0.2) is 0 Å². The molecule has 0 aliphatic carbocycles. The lowest BCUT2D eigenvalue weighted by Gasteiger charge is -1.97. The fraction of sp³-hybridized carbons (Fsp3) is 0.200. The molecule has 2 heteroatoms. The molecule has 0 aliphatic rings. The molecule has 0 aromatic heterocycles.